The maximum Gasteiger partial charge on any atom is 0.337 e. The molecule has 45 heavy (non-hydrogen) atoms. The molecule has 1 aromatic heterocycles. The molecular formula is C34H35N3O7S. The Morgan fingerprint density at radius 2 is 1.69 bits per heavy atom. The fraction of sp³-hybridized carbons (Fsp3) is 0.324. The Kier molecular flexibility index (Phi) is 7.90. The number of rotatable bonds is 7. The number of carbonyl (C=O) groups is 3. The van der Waals surface area contributed by atoms with Gasteiger partial charge in [0.1, 0.15) is 11.8 Å². The van der Waals surface area contributed by atoms with Gasteiger partial charge < -0.3 is 19.3 Å². The molecule has 3 aromatic carbocycles. The van der Waals surface area contributed by atoms with E-state index >= 15 is 0 Å². The van der Waals surface area contributed by atoms with E-state index in [9.17, 15) is 22.8 Å². The van der Waals surface area contributed by atoms with Crippen LogP contribution in [0.25, 0.3) is 10.9 Å². The van der Waals surface area contributed by atoms with Crippen molar-refractivity contribution < 1.29 is 32.3 Å². The standard InChI is InChI=1S/C34H35N3O7S/c1-21-7-13-26(14-8-21)45(41,42)37-17-15-27-28(29(43-3)18-22(2)31(27)37)20-36-30(38)19-25-6-5-16-35(25)33(39)32(36)23-9-11-24(12-10-23)34(40)44-4/h7-15,17-18,25,32H,5-6,16,19-20H2,1-4H3/t25-,32?/m0/s1. The van der Waals surface area contributed by atoms with E-state index in [1.54, 1.807) is 70.5 Å². The zero-order valence-corrected chi connectivity index (χ0v) is 26.5. The smallest absolute Gasteiger partial charge is 0.337 e. The maximum atomic E-state index is 14.2. The number of aryl methyl sites for hydroxylation is 2. The Morgan fingerprint density at radius 1 is 0.978 bits per heavy atom. The number of aromatic nitrogens is 1. The third-order valence-corrected chi connectivity index (χ3v) is 10.6. The van der Waals surface area contributed by atoms with Crippen LogP contribution in [0.5, 0.6) is 5.75 Å². The monoisotopic (exact) mass is 629 g/mol. The number of amides is 2. The minimum Gasteiger partial charge on any atom is -0.496 e. The summed E-state index contributed by atoms with van der Waals surface area (Å²) in [5.74, 6) is -0.397. The molecule has 2 amide bonds. The molecule has 6 rings (SSSR count). The van der Waals surface area contributed by atoms with Gasteiger partial charge in [0.05, 0.1) is 36.7 Å². The maximum absolute atomic E-state index is 14.2. The number of benzene rings is 3. The lowest BCUT2D eigenvalue weighted by Gasteiger charge is -2.32. The Balaban J connectivity index is 1.48. The van der Waals surface area contributed by atoms with E-state index in [0.29, 0.717) is 45.5 Å². The molecule has 0 aliphatic carbocycles. The van der Waals surface area contributed by atoms with Gasteiger partial charge in [0.25, 0.3) is 10.0 Å². The van der Waals surface area contributed by atoms with Gasteiger partial charge >= 0.3 is 5.97 Å². The highest BCUT2D eigenvalue weighted by Crippen LogP contribution is 2.39. The van der Waals surface area contributed by atoms with Crippen molar-refractivity contribution in [2.45, 2.75) is 56.6 Å². The molecule has 2 aliphatic heterocycles. The lowest BCUT2D eigenvalue weighted by atomic mass is 9.99. The molecule has 0 saturated carbocycles. The fourth-order valence-electron chi connectivity index (χ4n) is 6.58. The number of hydrogen-bond acceptors (Lipinski definition) is 7. The van der Waals surface area contributed by atoms with E-state index < -0.39 is 22.0 Å². The number of carbonyl (C=O) groups excluding carboxylic acids is 3. The minimum absolute atomic E-state index is 0.00307. The van der Waals surface area contributed by atoms with Crippen LogP contribution in [0, 0.1) is 13.8 Å². The molecule has 1 unspecified atom stereocenters. The zero-order chi connectivity index (χ0) is 32.0. The molecule has 0 N–H and O–H groups in total. The van der Waals surface area contributed by atoms with Crippen molar-refractivity contribution >= 4 is 38.7 Å². The molecule has 3 heterocycles. The van der Waals surface area contributed by atoms with Crippen molar-refractivity contribution in [3.63, 3.8) is 0 Å². The van der Waals surface area contributed by atoms with Crippen molar-refractivity contribution in [2.24, 2.45) is 0 Å². The normalized spacial score (nSPS) is 18.7. The van der Waals surface area contributed by atoms with Crippen LogP contribution < -0.4 is 4.74 Å². The number of nitrogens with zero attached hydrogens (tertiary/aromatic N) is 3. The summed E-state index contributed by atoms with van der Waals surface area (Å²) in [6.45, 7) is 4.28. The zero-order valence-electron chi connectivity index (χ0n) is 25.6. The molecule has 0 spiro atoms. The first-order valence-electron chi connectivity index (χ1n) is 14.8. The highest BCUT2D eigenvalue weighted by molar-refractivity contribution is 7.90. The van der Waals surface area contributed by atoms with E-state index in [2.05, 4.69) is 0 Å². The molecule has 2 atom stereocenters. The second-order valence-electron chi connectivity index (χ2n) is 11.6. The Bertz CT molecular complexity index is 1910. The molecular weight excluding hydrogens is 594 g/mol. The van der Waals surface area contributed by atoms with Crippen LogP contribution in [-0.2, 0) is 30.9 Å². The second kappa shape index (κ2) is 11.7. The van der Waals surface area contributed by atoms with Gasteiger partial charge in [0, 0.05) is 36.2 Å². The van der Waals surface area contributed by atoms with Crippen molar-refractivity contribution in [1.82, 2.24) is 13.8 Å². The van der Waals surface area contributed by atoms with Crippen LogP contribution in [0.2, 0.25) is 0 Å². The number of ether oxygens (including phenoxy) is 2. The van der Waals surface area contributed by atoms with Crippen molar-refractivity contribution in [2.75, 3.05) is 20.8 Å². The highest BCUT2D eigenvalue weighted by atomic mass is 32.2. The van der Waals surface area contributed by atoms with Gasteiger partial charge in [0.15, 0.2) is 0 Å². The number of esters is 1. The minimum atomic E-state index is -3.94. The number of methoxy groups -OCH3 is 2. The average molecular weight is 630 g/mol. The summed E-state index contributed by atoms with van der Waals surface area (Å²) in [6.07, 6.45) is 3.27. The van der Waals surface area contributed by atoms with Gasteiger partial charge in [-0.25, -0.2) is 17.2 Å². The second-order valence-corrected chi connectivity index (χ2v) is 13.5. The summed E-state index contributed by atoms with van der Waals surface area (Å²) < 4.78 is 39.5. The lowest BCUT2D eigenvalue weighted by molar-refractivity contribution is -0.142. The molecule has 11 heteroatoms. The summed E-state index contributed by atoms with van der Waals surface area (Å²) in [7, 11) is -1.11. The first kappa shape index (κ1) is 30.4. The molecule has 234 valence electrons. The van der Waals surface area contributed by atoms with E-state index in [1.165, 1.54) is 24.4 Å². The average Bonchev–Trinajstić information content (AvgIpc) is 3.68. The molecule has 4 aromatic rings. The van der Waals surface area contributed by atoms with E-state index in [1.807, 2.05) is 13.8 Å². The molecule has 0 bridgehead atoms. The van der Waals surface area contributed by atoms with Crippen LogP contribution >= 0.6 is 0 Å². The Morgan fingerprint density at radius 3 is 2.36 bits per heavy atom. The summed E-state index contributed by atoms with van der Waals surface area (Å²) in [5.41, 5.74) is 3.59. The van der Waals surface area contributed by atoms with E-state index in [-0.39, 0.29) is 35.7 Å². The number of hydrogen-bond donors (Lipinski definition) is 0. The fourth-order valence-corrected chi connectivity index (χ4v) is 7.99. The third kappa shape index (κ3) is 5.24. The van der Waals surface area contributed by atoms with E-state index in [0.717, 1.165) is 18.4 Å². The molecule has 2 saturated heterocycles. The predicted molar refractivity (Wildman–Crippen MR) is 167 cm³/mol. The quantitative estimate of drug-likeness (QED) is 0.271. The van der Waals surface area contributed by atoms with Gasteiger partial charge in [-0.1, -0.05) is 29.8 Å². The Hall–Kier alpha value is -4.64. The first-order valence-corrected chi connectivity index (χ1v) is 16.3. The van der Waals surface area contributed by atoms with Gasteiger partial charge in [-0.15, -0.1) is 0 Å². The van der Waals surface area contributed by atoms with Crippen LogP contribution in [-0.4, -0.2) is 66.8 Å². The van der Waals surface area contributed by atoms with Crippen LogP contribution in [0.3, 0.4) is 0 Å². The van der Waals surface area contributed by atoms with Crippen molar-refractivity contribution in [3.8, 4) is 5.75 Å². The van der Waals surface area contributed by atoms with Crippen molar-refractivity contribution in [3.05, 3.63) is 94.7 Å². The van der Waals surface area contributed by atoms with Crippen molar-refractivity contribution in [1.29, 1.82) is 0 Å². The molecule has 10 nitrogen and oxygen atoms in total. The van der Waals surface area contributed by atoms with Gasteiger partial charge in [0.2, 0.25) is 11.8 Å². The molecule has 2 aliphatic rings. The summed E-state index contributed by atoms with van der Waals surface area (Å²) >= 11 is 0. The highest BCUT2D eigenvalue weighted by Gasteiger charge is 2.44. The van der Waals surface area contributed by atoms with E-state index in [4.69, 9.17) is 9.47 Å². The number of fused-ring (bicyclic) bond motifs is 2. The summed E-state index contributed by atoms with van der Waals surface area (Å²) in [4.78, 5) is 43.8. The van der Waals surface area contributed by atoms with Gasteiger partial charge in [-0.2, -0.15) is 0 Å². The first-order chi connectivity index (χ1) is 21.5. The molecule has 0 radical (unpaired) electrons. The van der Waals surface area contributed by atoms with Crippen LogP contribution in [0.15, 0.2) is 71.8 Å². The summed E-state index contributed by atoms with van der Waals surface area (Å²) in [6, 6.07) is 15.6. The summed E-state index contributed by atoms with van der Waals surface area (Å²) in [5, 5.41) is 0.604. The largest absolute Gasteiger partial charge is 0.496 e. The molecule has 2 fully saturated rings. The van der Waals surface area contributed by atoms with Gasteiger partial charge in [-0.05, 0) is 74.2 Å². The topological polar surface area (TPSA) is 115 Å². The SMILES string of the molecule is COC(=O)c1ccc(C2C(=O)N3CCC[C@H]3CC(=O)N2Cc2c(OC)cc(C)c3c2ccn3S(=O)(=O)c2ccc(C)cc2)cc1. The van der Waals surface area contributed by atoms with Crippen LogP contribution in [0.4, 0.5) is 0 Å². The third-order valence-electron chi connectivity index (χ3n) is 8.91. The van der Waals surface area contributed by atoms with Crippen LogP contribution in [0.1, 0.15) is 57.9 Å². The van der Waals surface area contributed by atoms with Gasteiger partial charge in [-0.3, -0.25) is 9.59 Å². The Labute approximate surface area is 262 Å². The lowest BCUT2D eigenvalue weighted by Crippen LogP contribution is -2.41. The predicted octanol–water partition coefficient (Wildman–Crippen LogP) is 4.75.